The van der Waals surface area contributed by atoms with E-state index in [0.29, 0.717) is 10.7 Å². The highest BCUT2D eigenvalue weighted by molar-refractivity contribution is 6.30. The molecule has 0 aliphatic rings. The summed E-state index contributed by atoms with van der Waals surface area (Å²) < 4.78 is 14.6. The second-order valence-corrected chi connectivity index (χ2v) is 4.49. The molecule has 6 heteroatoms. The van der Waals surface area contributed by atoms with E-state index >= 15 is 0 Å². The molecule has 4 nitrogen and oxygen atoms in total. The van der Waals surface area contributed by atoms with Crippen molar-refractivity contribution in [3.8, 4) is 0 Å². The van der Waals surface area contributed by atoms with E-state index in [1.165, 1.54) is 12.3 Å². The molecule has 96 valence electrons. The van der Waals surface area contributed by atoms with Gasteiger partial charge in [0.15, 0.2) is 0 Å². The number of aliphatic hydroxyl groups is 1. The van der Waals surface area contributed by atoms with Gasteiger partial charge in [-0.3, -0.25) is 9.67 Å². The largest absolute Gasteiger partial charge is 0.388 e. The molecule has 0 aromatic carbocycles. The Morgan fingerprint density at radius 1 is 1.50 bits per heavy atom. The molecule has 0 aliphatic heterocycles. The Bertz CT molecular complexity index is 570. The maximum atomic E-state index is 13.0. The minimum atomic E-state index is -0.853. The Morgan fingerprint density at radius 3 is 2.78 bits per heavy atom. The van der Waals surface area contributed by atoms with Crippen molar-refractivity contribution in [3.63, 3.8) is 0 Å². The summed E-state index contributed by atoms with van der Waals surface area (Å²) in [5.41, 5.74) is 1.94. The normalized spacial score (nSPS) is 12.7. The van der Waals surface area contributed by atoms with Gasteiger partial charge < -0.3 is 5.11 Å². The average Bonchev–Trinajstić information content (AvgIpc) is 2.56. The summed E-state index contributed by atoms with van der Waals surface area (Å²) in [6, 6.07) is 1.26. The van der Waals surface area contributed by atoms with E-state index in [4.69, 9.17) is 11.6 Å². The molecule has 1 atom stereocenters. The molecule has 0 saturated heterocycles. The molecule has 0 spiro atoms. The lowest BCUT2D eigenvalue weighted by Crippen LogP contribution is -2.04. The first-order valence-electron chi connectivity index (χ1n) is 5.45. The van der Waals surface area contributed by atoms with Gasteiger partial charge >= 0.3 is 0 Å². The van der Waals surface area contributed by atoms with Crippen molar-refractivity contribution >= 4 is 11.6 Å². The van der Waals surface area contributed by atoms with E-state index in [1.54, 1.807) is 11.7 Å². The van der Waals surface area contributed by atoms with Crippen LogP contribution in [-0.2, 0) is 13.5 Å². The maximum Gasteiger partial charge on any atom is 0.141 e. The van der Waals surface area contributed by atoms with Gasteiger partial charge in [-0.25, -0.2) is 4.39 Å². The number of rotatable bonds is 3. The topological polar surface area (TPSA) is 50.9 Å². The van der Waals surface area contributed by atoms with E-state index in [0.717, 1.165) is 17.5 Å². The summed E-state index contributed by atoms with van der Waals surface area (Å²) in [7, 11) is 1.73. The molecule has 2 rings (SSSR count). The lowest BCUT2D eigenvalue weighted by Gasteiger charge is -2.10. The summed E-state index contributed by atoms with van der Waals surface area (Å²) in [6.07, 6.45) is 1.96. The molecule has 1 unspecified atom stereocenters. The number of hydrogen-bond donors (Lipinski definition) is 1. The molecular weight excluding hydrogens is 257 g/mol. The first kappa shape index (κ1) is 13.0. The SMILES string of the molecule is Cc1nn(C)c(Cl)c1CC(O)c1cncc(F)c1. The van der Waals surface area contributed by atoms with Gasteiger partial charge in [0, 0.05) is 30.8 Å². The Labute approximate surface area is 109 Å². The minimum absolute atomic E-state index is 0.281. The van der Waals surface area contributed by atoms with Crippen molar-refractivity contribution in [2.75, 3.05) is 0 Å². The molecule has 0 fully saturated rings. The van der Waals surface area contributed by atoms with E-state index < -0.39 is 11.9 Å². The van der Waals surface area contributed by atoms with Crippen LogP contribution in [0.4, 0.5) is 4.39 Å². The second-order valence-electron chi connectivity index (χ2n) is 4.13. The molecule has 2 heterocycles. The third kappa shape index (κ3) is 2.52. The molecule has 0 amide bonds. The van der Waals surface area contributed by atoms with Gasteiger partial charge in [0.2, 0.25) is 0 Å². The maximum absolute atomic E-state index is 13.0. The third-order valence-electron chi connectivity index (χ3n) is 2.78. The van der Waals surface area contributed by atoms with Crippen LogP contribution in [0.5, 0.6) is 0 Å². The van der Waals surface area contributed by atoms with Gasteiger partial charge in [0.05, 0.1) is 18.0 Å². The molecule has 0 aliphatic carbocycles. The summed E-state index contributed by atoms with van der Waals surface area (Å²) in [4.78, 5) is 3.71. The zero-order chi connectivity index (χ0) is 13.3. The summed E-state index contributed by atoms with van der Waals surface area (Å²) >= 11 is 6.08. The van der Waals surface area contributed by atoms with Crippen LogP contribution in [0.25, 0.3) is 0 Å². The fourth-order valence-corrected chi connectivity index (χ4v) is 2.08. The van der Waals surface area contributed by atoms with Crippen LogP contribution in [0.1, 0.15) is 22.9 Å². The van der Waals surface area contributed by atoms with Gasteiger partial charge in [0.1, 0.15) is 11.0 Å². The first-order chi connectivity index (χ1) is 8.49. The molecule has 2 aromatic rings. The zero-order valence-electron chi connectivity index (χ0n) is 10.1. The van der Waals surface area contributed by atoms with Gasteiger partial charge in [-0.05, 0) is 13.0 Å². The molecule has 0 saturated carbocycles. The lowest BCUT2D eigenvalue weighted by atomic mass is 10.0. The summed E-state index contributed by atoms with van der Waals surface area (Å²) in [5.74, 6) is -0.472. The van der Waals surface area contributed by atoms with E-state index in [-0.39, 0.29) is 6.42 Å². The van der Waals surface area contributed by atoms with Crippen LogP contribution in [0.2, 0.25) is 5.15 Å². The number of aryl methyl sites for hydroxylation is 2. The van der Waals surface area contributed by atoms with Gasteiger partial charge in [-0.2, -0.15) is 5.10 Å². The van der Waals surface area contributed by atoms with E-state index in [1.807, 2.05) is 6.92 Å². The molecule has 2 aromatic heterocycles. The minimum Gasteiger partial charge on any atom is -0.388 e. The average molecular weight is 270 g/mol. The van der Waals surface area contributed by atoms with Crippen LogP contribution < -0.4 is 0 Å². The first-order valence-corrected chi connectivity index (χ1v) is 5.83. The molecule has 18 heavy (non-hydrogen) atoms. The van der Waals surface area contributed by atoms with Crippen LogP contribution >= 0.6 is 11.6 Å². The fraction of sp³-hybridized carbons (Fsp3) is 0.333. The van der Waals surface area contributed by atoms with E-state index in [2.05, 4.69) is 10.1 Å². The van der Waals surface area contributed by atoms with Crippen molar-refractivity contribution in [2.24, 2.45) is 7.05 Å². The standard InChI is InChI=1S/C12H13ClFN3O/c1-7-10(12(13)17(2)16-7)4-11(18)8-3-9(14)6-15-5-8/h3,5-6,11,18H,4H2,1-2H3. The van der Waals surface area contributed by atoms with Crippen molar-refractivity contribution in [1.29, 1.82) is 0 Å². The van der Waals surface area contributed by atoms with Crippen LogP contribution in [-0.4, -0.2) is 19.9 Å². The predicted octanol–water partition coefficient (Wildman–Crippen LogP) is 2.19. The number of nitrogens with zero attached hydrogens (tertiary/aromatic N) is 3. The van der Waals surface area contributed by atoms with Crippen molar-refractivity contribution in [3.05, 3.63) is 46.3 Å². The highest BCUT2D eigenvalue weighted by Crippen LogP contribution is 2.25. The van der Waals surface area contributed by atoms with Crippen molar-refractivity contribution < 1.29 is 9.50 Å². The number of pyridine rings is 1. The number of aliphatic hydroxyl groups excluding tert-OH is 1. The molecule has 0 radical (unpaired) electrons. The highest BCUT2D eigenvalue weighted by Gasteiger charge is 2.17. The molecule has 0 bridgehead atoms. The lowest BCUT2D eigenvalue weighted by molar-refractivity contribution is 0.177. The second kappa shape index (κ2) is 5.04. The van der Waals surface area contributed by atoms with E-state index in [9.17, 15) is 9.50 Å². The highest BCUT2D eigenvalue weighted by atomic mass is 35.5. The van der Waals surface area contributed by atoms with Crippen LogP contribution in [0.15, 0.2) is 18.5 Å². The molecule has 1 N–H and O–H groups in total. The summed E-state index contributed by atoms with van der Waals surface area (Å²) in [5, 5.41) is 14.7. The fourth-order valence-electron chi connectivity index (χ4n) is 1.83. The van der Waals surface area contributed by atoms with Crippen LogP contribution in [0.3, 0.4) is 0 Å². The Kier molecular flexibility index (Phi) is 3.63. The number of halogens is 2. The predicted molar refractivity (Wildman–Crippen MR) is 65.8 cm³/mol. The Balaban J connectivity index is 2.24. The monoisotopic (exact) mass is 269 g/mol. The molecular formula is C12H13ClFN3O. The Hall–Kier alpha value is -1.46. The van der Waals surface area contributed by atoms with Gasteiger partial charge in [-0.15, -0.1) is 0 Å². The summed E-state index contributed by atoms with van der Waals surface area (Å²) in [6.45, 7) is 1.82. The van der Waals surface area contributed by atoms with Crippen molar-refractivity contribution in [1.82, 2.24) is 14.8 Å². The number of aromatic nitrogens is 3. The quantitative estimate of drug-likeness (QED) is 0.929. The number of hydrogen-bond acceptors (Lipinski definition) is 3. The van der Waals surface area contributed by atoms with Crippen molar-refractivity contribution in [2.45, 2.75) is 19.4 Å². The third-order valence-corrected chi connectivity index (χ3v) is 3.25. The van der Waals surface area contributed by atoms with Crippen LogP contribution in [0, 0.1) is 12.7 Å². The Morgan fingerprint density at radius 2 is 2.22 bits per heavy atom. The van der Waals surface area contributed by atoms with Gasteiger partial charge in [-0.1, -0.05) is 11.6 Å². The smallest absolute Gasteiger partial charge is 0.141 e. The van der Waals surface area contributed by atoms with Gasteiger partial charge in [0.25, 0.3) is 0 Å². The zero-order valence-corrected chi connectivity index (χ0v) is 10.8.